The van der Waals surface area contributed by atoms with Crippen molar-refractivity contribution in [3.63, 3.8) is 0 Å². The standard InChI is InChI=1S/C14H21N5O/c1-5-6-15-11(4)10(3)14-18-13(19-20-14)12-16-7-9(2)8-17-12/h7-8,10-11,15H,5-6H2,1-4H3. The highest BCUT2D eigenvalue weighted by atomic mass is 16.5. The molecule has 0 bridgehead atoms. The van der Waals surface area contributed by atoms with Gasteiger partial charge in [0.05, 0.1) is 5.92 Å². The largest absolute Gasteiger partial charge is 0.339 e. The van der Waals surface area contributed by atoms with Crippen LogP contribution >= 0.6 is 0 Å². The molecule has 1 N–H and O–H groups in total. The molecule has 6 nitrogen and oxygen atoms in total. The number of nitrogens with one attached hydrogen (secondary N) is 1. The Morgan fingerprint density at radius 1 is 1.20 bits per heavy atom. The molecule has 2 aromatic heterocycles. The van der Waals surface area contributed by atoms with Crippen LogP contribution in [0.4, 0.5) is 0 Å². The number of nitrogens with zero attached hydrogens (tertiary/aromatic N) is 4. The first-order valence-electron chi connectivity index (χ1n) is 6.97. The van der Waals surface area contributed by atoms with Gasteiger partial charge in [0.2, 0.25) is 17.5 Å². The second-order valence-electron chi connectivity index (χ2n) is 5.07. The molecular formula is C14H21N5O. The molecule has 2 atom stereocenters. The molecule has 0 aliphatic carbocycles. The molecule has 20 heavy (non-hydrogen) atoms. The maximum absolute atomic E-state index is 5.33. The van der Waals surface area contributed by atoms with E-state index in [4.69, 9.17) is 4.52 Å². The Balaban J connectivity index is 2.10. The van der Waals surface area contributed by atoms with E-state index >= 15 is 0 Å². The summed E-state index contributed by atoms with van der Waals surface area (Å²) in [5.74, 6) is 1.69. The summed E-state index contributed by atoms with van der Waals surface area (Å²) in [4.78, 5) is 12.8. The van der Waals surface area contributed by atoms with Gasteiger partial charge in [-0.3, -0.25) is 0 Å². The minimum absolute atomic E-state index is 0.147. The Morgan fingerprint density at radius 2 is 1.90 bits per heavy atom. The van der Waals surface area contributed by atoms with Crippen LogP contribution in [0.2, 0.25) is 0 Å². The number of aryl methyl sites for hydroxylation is 1. The highest BCUT2D eigenvalue weighted by Crippen LogP contribution is 2.19. The predicted octanol–water partition coefficient (Wildman–Crippen LogP) is 2.33. The van der Waals surface area contributed by atoms with Crippen molar-refractivity contribution in [2.24, 2.45) is 0 Å². The SMILES string of the molecule is CCCNC(C)C(C)c1nc(-c2ncc(C)cn2)no1. The van der Waals surface area contributed by atoms with Gasteiger partial charge in [-0.25, -0.2) is 9.97 Å². The van der Waals surface area contributed by atoms with E-state index in [1.165, 1.54) is 0 Å². The van der Waals surface area contributed by atoms with Gasteiger partial charge in [0.1, 0.15) is 0 Å². The lowest BCUT2D eigenvalue weighted by molar-refractivity contribution is 0.331. The predicted molar refractivity (Wildman–Crippen MR) is 76.2 cm³/mol. The summed E-state index contributed by atoms with van der Waals surface area (Å²) in [5.41, 5.74) is 1.00. The molecule has 0 aliphatic heterocycles. The van der Waals surface area contributed by atoms with Crippen LogP contribution in [0.5, 0.6) is 0 Å². The third kappa shape index (κ3) is 3.39. The van der Waals surface area contributed by atoms with Crippen LogP contribution in [-0.2, 0) is 0 Å². The van der Waals surface area contributed by atoms with Crippen LogP contribution < -0.4 is 5.32 Å². The number of hydrogen-bond donors (Lipinski definition) is 1. The molecule has 2 heterocycles. The average molecular weight is 275 g/mol. The molecule has 6 heteroatoms. The van der Waals surface area contributed by atoms with Crippen molar-refractivity contribution in [3.8, 4) is 11.6 Å². The summed E-state index contributed by atoms with van der Waals surface area (Å²) in [6.07, 6.45) is 4.59. The second-order valence-corrected chi connectivity index (χ2v) is 5.07. The van der Waals surface area contributed by atoms with E-state index in [1.807, 2.05) is 6.92 Å². The smallest absolute Gasteiger partial charge is 0.240 e. The van der Waals surface area contributed by atoms with E-state index in [1.54, 1.807) is 12.4 Å². The molecule has 2 rings (SSSR count). The van der Waals surface area contributed by atoms with Gasteiger partial charge in [0.25, 0.3) is 0 Å². The fraction of sp³-hybridized carbons (Fsp3) is 0.571. The molecule has 108 valence electrons. The second kappa shape index (κ2) is 6.56. The van der Waals surface area contributed by atoms with Crippen molar-refractivity contribution in [2.75, 3.05) is 6.54 Å². The van der Waals surface area contributed by atoms with Gasteiger partial charge < -0.3 is 9.84 Å². The number of aromatic nitrogens is 4. The summed E-state index contributed by atoms with van der Waals surface area (Å²) in [5, 5.41) is 7.39. The maximum atomic E-state index is 5.33. The van der Waals surface area contributed by atoms with Crippen LogP contribution in [0.15, 0.2) is 16.9 Å². The third-order valence-electron chi connectivity index (χ3n) is 3.28. The Bertz CT molecular complexity index is 537. The molecule has 0 fully saturated rings. The Morgan fingerprint density at radius 3 is 2.55 bits per heavy atom. The van der Waals surface area contributed by atoms with Crippen molar-refractivity contribution < 1.29 is 4.52 Å². The fourth-order valence-electron chi connectivity index (χ4n) is 1.78. The fourth-order valence-corrected chi connectivity index (χ4v) is 1.78. The molecule has 0 aromatic carbocycles. The highest BCUT2D eigenvalue weighted by molar-refractivity contribution is 5.41. The van der Waals surface area contributed by atoms with E-state index in [-0.39, 0.29) is 12.0 Å². The quantitative estimate of drug-likeness (QED) is 0.872. The molecule has 0 amide bonds. The van der Waals surface area contributed by atoms with Crippen molar-refractivity contribution >= 4 is 0 Å². The average Bonchev–Trinajstić information content (AvgIpc) is 2.94. The molecule has 0 radical (unpaired) electrons. The van der Waals surface area contributed by atoms with Crippen LogP contribution in [0.3, 0.4) is 0 Å². The minimum Gasteiger partial charge on any atom is -0.339 e. The molecule has 0 saturated heterocycles. The Kier molecular flexibility index (Phi) is 4.79. The zero-order chi connectivity index (χ0) is 14.5. The Hall–Kier alpha value is -1.82. The van der Waals surface area contributed by atoms with Gasteiger partial charge in [-0.15, -0.1) is 0 Å². The molecule has 0 spiro atoms. The first kappa shape index (κ1) is 14.6. The van der Waals surface area contributed by atoms with E-state index < -0.39 is 0 Å². The molecule has 0 saturated carbocycles. The lowest BCUT2D eigenvalue weighted by atomic mass is 10.0. The topological polar surface area (TPSA) is 76.7 Å². The zero-order valence-electron chi connectivity index (χ0n) is 12.4. The highest BCUT2D eigenvalue weighted by Gasteiger charge is 2.21. The van der Waals surface area contributed by atoms with E-state index in [0.717, 1.165) is 18.5 Å². The van der Waals surface area contributed by atoms with Crippen molar-refractivity contribution in [2.45, 2.75) is 46.1 Å². The summed E-state index contributed by atoms with van der Waals surface area (Å²) >= 11 is 0. The van der Waals surface area contributed by atoms with Gasteiger partial charge in [-0.2, -0.15) is 4.98 Å². The monoisotopic (exact) mass is 275 g/mol. The summed E-state index contributed by atoms with van der Waals surface area (Å²) < 4.78 is 5.33. The van der Waals surface area contributed by atoms with Crippen LogP contribution in [0, 0.1) is 6.92 Å². The van der Waals surface area contributed by atoms with Gasteiger partial charge in [0.15, 0.2) is 0 Å². The lowest BCUT2D eigenvalue weighted by Crippen LogP contribution is -2.31. The first-order valence-corrected chi connectivity index (χ1v) is 6.97. The molecule has 2 aromatic rings. The lowest BCUT2D eigenvalue weighted by Gasteiger charge is -2.17. The number of rotatable bonds is 6. The van der Waals surface area contributed by atoms with Gasteiger partial charge in [0, 0.05) is 18.4 Å². The van der Waals surface area contributed by atoms with Gasteiger partial charge >= 0.3 is 0 Å². The first-order chi connectivity index (χ1) is 9.61. The molecular weight excluding hydrogens is 254 g/mol. The third-order valence-corrected chi connectivity index (χ3v) is 3.28. The van der Waals surface area contributed by atoms with Crippen molar-refractivity contribution in [3.05, 3.63) is 23.8 Å². The summed E-state index contributed by atoms with van der Waals surface area (Å²) in [6.45, 7) is 9.25. The van der Waals surface area contributed by atoms with Crippen molar-refractivity contribution in [1.82, 2.24) is 25.4 Å². The maximum Gasteiger partial charge on any atom is 0.240 e. The minimum atomic E-state index is 0.147. The normalized spacial score (nSPS) is 14.2. The Labute approximate surface area is 119 Å². The van der Waals surface area contributed by atoms with Crippen LogP contribution in [-0.4, -0.2) is 32.7 Å². The summed E-state index contributed by atoms with van der Waals surface area (Å²) in [6, 6.07) is 0.280. The van der Waals surface area contributed by atoms with Gasteiger partial charge in [-0.1, -0.05) is 19.0 Å². The number of hydrogen-bond acceptors (Lipinski definition) is 6. The van der Waals surface area contributed by atoms with Gasteiger partial charge in [-0.05, 0) is 32.4 Å². The van der Waals surface area contributed by atoms with E-state index in [9.17, 15) is 0 Å². The van der Waals surface area contributed by atoms with Crippen LogP contribution in [0.25, 0.3) is 11.6 Å². The van der Waals surface area contributed by atoms with E-state index in [2.05, 4.69) is 46.2 Å². The van der Waals surface area contributed by atoms with Crippen LogP contribution in [0.1, 0.15) is 44.6 Å². The molecule has 0 aliphatic rings. The summed E-state index contributed by atoms with van der Waals surface area (Å²) in [7, 11) is 0. The zero-order valence-corrected chi connectivity index (χ0v) is 12.4. The van der Waals surface area contributed by atoms with E-state index in [0.29, 0.717) is 17.5 Å². The molecule has 2 unspecified atom stereocenters. The van der Waals surface area contributed by atoms with Crippen molar-refractivity contribution in [1.29, 1.82) is 0 Å².